The molecule has 0 saturated heterocycles. The van der Waals surface area contributed by atoms with E-state index in [9.17, 15) is 23.1 Å². The summed E-state index contributed by atoms with van der Waals surface area (Å²) in [7, 11) is 1.85. The second-order valence-electron chi connectivity index (χ2n) is 6.47. The number of nitrogens with one attached hydrogen (secondary N) is 1. The molecule has 1 amide bonds. The Morgan fingerprint density at radius 1 is 1.38 bits per heavy atom. The molecule has 1 rings (SSSR count). The highest BCUT2D eigenvalue weighted by Crippen LogP contribution is 2.24. The van der Waals surface area contributed by atoms with Crippen molar-refractivity contribution in [2.75, 3.05) is 13.6 Å². The lowest BCUT2D eigenvalue weighted by Crippen LogP contribution is -2.55. The number of aliphatic hydroxyl groups excluding tert-OH is 1. The number of primary amides is 1. The molecule has 0 aromatic carbocycles. The fourth-order valence-corrected chi connectivity index (χ4v) is 3.15. The standard InChI is InChI=1S/C16H28F3N3O2/c1-3-15(14(20)24,21-10-8-16(17,18)19)9-11-22(2)12-6-4-5-7-13(12)23/h8,10,12-13,21,23H,3-7,9,11H2,1-2H3,(H2,20,24)/b10-8+/t12-,13-,15?/m1/s1. The Morgan fingerprint density at radius 3 is 2.50 bits per heavy atom. The predicted octanol–water partition coefficient (Wildman–Crippen LogP) is 1.91. The minimum Gasteiger partial charge on any atom is -0.391 e. The highest BCUT2D eigenvalue weighted by Gasteiger charge is 2.35. The van der Waals surface area contributed by atoms with Gasteiger partial charge in [-0.05, 0) is 32.7 Å². The van der Waals surface area contributed by atoms with E-state index in [1.165, 1.54) is 0 Å². The van der Waals surface area contributed by atoms with E-state index in [2.05, 4.69) is 5.32 Å². The first kappa shape index (κ1) is 20.8. The van der Waals surface area contributed by atoms with Crippen LogP contribution < -0.4 is 11.1 Å². The number of hydrogen-bond donors (Lipinski definition) is 3. The monoisotopic (exact) mass is 351 g/mol. The molecule has 1 aliphatic carbocycles. The Morgan fingerprint density at radius 2 is 2.00 bits per heavy atom. The fraction of sp³-hybridized carbons (Fsp3) is 0.812. The third kappa shape index (κ3) is 5.98. The molecular weight excluding hydrogens is 323 g/mol. The van der Waals surface area contributed by atoms with Gasteiger partial charge in [0.1, 0.15) is 5.54 Å². The van der Waals surface area contributed by atoms with Crippen LogP contribution in [0, 0.1) is 0 Å². The first-order valence-electron chi connectivity index (χ1n) is 8.31. The molecule has 3 atom stereocenters. The van der Waals surface area contributed by atoms with E-state index >= 15 is 0 Å². The molecule has 0 radical (unpaired) electrons. The summed E-state index contributed by atoms with van der Waals surface area (Å²) in [5.74, 6) is -0.686. The van der Waals surface area contributed by atoms with Crippen LogP contribution in [-0.2, 0) is 4.79 Å². The molecule has 1 aliphatic rings. The lowest BCUT2D eigenvalue weighted by atomic mass is 9.88. The summed E-state index contributed by atoms with van der Waals surface area (Å²) in [5.41, 5.74) is 4.20. The predicted molar refractivity (Wildman–Crippen MR) is 86.1 cm³/mol. The Hall–Kier alpha value is -1.28. The molecule has 0 spiro atoms. The topological polar surface area (TPSA) is 78.6 Å². The van der Waals surface area contributed by atoms with E-state index < -0.39 is 23.7 Å². The third-order valence-electron chi connectivity index (χ3n) is 4.86. The quantitative estimate of drug-likeness (QED) is 0.624. The number of carbonyl (C=O) groups excluding carboxylic acids is 1. The molecule has 8 heteroatoms. The van der Waals surface area contributed by atoms with Crippen LogP contribution in [0.5, 0.6) is 0 Å². The zero-order valence-corrected chi connectivity index (χ0v) is 14.3. The first-order valence-corrected chi connectivity index (χ1v) is 8.31. The molecule has 1 fully saturated rings. The van der Waals surface area contributed by atoms with Crippen molar-refractivity contribution in [1.29, 1.82) is 0 Å². The number of nitrogens with two attached hydrogens (primary N) is 1. The van der Waals surface area contributed by atoms with Crippen LogP contribution in [0.25, 0.3) is 0 Å². The van der Waals surface area contributed by atoms with Crippen molar-refractivity contribution in [2.45, 2.75) is 69.3 Å². The summed E-state index contributed by atoms with van der Waals surface area (Å²) < 4.78 is 36.8. The maximum absolute atomic E-state index is 12.3. The number of nitrogens with zero attached hydrogens (tertiary/aromatic N) is 1. The third-order valence-corrected chi connectivity index (χ3v) is 4.86. The number of carbonyl (C=O) groups is 1. The second kappa shape index (κ2) is 8.71. The molecule has 1 saturated carbocycles. The molecule has 5 nitrogen and oxygen atoms in total. The molecule has 24 heavy (non-hydrogen) atoms. The van der Waals surface area contributed by atoms with Gasteiger partial charge < -0.3 is 21.1 Å². The Kier molecular flexibility index (Phi) is 7.54. The van der Waals surface area contributed by atoms with Gasteiger partial charge in [0.25, 0.3) is 0 Å². The van der Waals surface area contributed by atoms with Crippen LogP contribution in [0.2, 0.25) is 0 Å². The smallest absolute Gasteiger partial charge is 0.391 e. The maximum atomic E-state index is 12.3. The lowest BCUT2D eigenvalue weighted by molar-refractivity contribution is -0.124. The summed E-state index contributed by atoms with van der Waals surface area (Å²) in [5, 5.41) is 12.6. The van der Waals surface area contributed by atoms with Crippen molar-refractivity contribution in [3.63, 3.8) is 0 Å². The zero-order chi connectivity index (χ0) is 18.4. The normalized spacial score (nSPS) is 25.0. The largest absolute Gasteiger partial charge is 0.411 e. The molecule has 0 aromatic heterocycles. The van der Waals surface area contributed by atoms with Gasteiger partial charge in [-0.15, -0.1) is 0 Å². The van der Waals surface area contributed by atoms with E-state index in [0.29, 0.717) is 6.54 Å². The average molecular weight is 351 g/mol. The van der Waals surface area contributed by atoms with Crippen LogP contribution in [0.15, 0.2) is 12.3 Å². The van der Waals surface area contributed by atoms with E-state index in [1.807, 2.05) is 11.9 Å². The maximum Gasteiger partial charge on any atom is 0.411 e. The summed E-state index contributed by atoms with van der Waals surface area (Å²) in [6.45, 7) is 2.15. The Labute approximate surface area is 141 Å². The van der Waals surface area contributed by atoms with E-state index in [-0.39, 0.29) is 25.0 Å². The number of allylic oxidation sites excluding steroid dienone is 1. The second-order valence-corrected chi connectivity index (χ2v) is 6.47. The first-order chi connectivity index (χ1) is 11.1. The number of halogens is 3. The number of likely N-dealkylation sites (N-methyl/N-ethyl adjacent to an activating group) is 1. The van der Waals surface area contributed by atoms with Crippen LogP contribution >= 0.6 is 0 Å². The Balaban J connectivity index is 2.71. The highest BCUT2D eigenvalue weighted by atomic mass is 19.4. The van der Waals surface area contributed by atoms with Gasteiger partial charge in [0.15, 0.2) is 0 Å². The molecule has 0 bridgehead atoms. The number of hydrogen-bond acceptors (Lipinski definition) is 4. The minimum atomic E-state index is -4.45. The number of rotatable bonds is 8. The van der Waals surface area contributed by atoms with E-state index in [1.54, 1.807) is 6.92 Å². The number of alkyl halides is 3. The molecule has 0 aliphatic heterocycles. The van der Waals surface area contributed by atoms with Gasteiger partial charge in [0.05, 0.1) is 6.10 Å². The van der Waals surface area contributed by atoms with Gasteiger partial charge in [0, 0.05) is 24.9 Å². The van der Waals surface area contributed by atoms with Gasteiger partial charge >= 0.3 is 6.18 Å². The summed E-state index contributed by atoms with van der Waals surface area (Å²) in [6, 6.07) is 0.00639. The van der Waals surface area contributed by atoms with Gasteiger partial charge in [-0.1, -0.05) is 19.8 Å². The van der Waals surface area contributed by atoms with Gasteiger partial charge in [-0.2, -0.15) is 13.2 Å². The van der Waals surface area contributed by atoms with Gasteiger partial charge in [-0.25, -0.2) is 0 Å². The van der Waals surface area contributed by atoms with Crippen molar-refractivity contribution in [3.8, 4) is 0 Å². The summed E-state index contributed by atoms with van der Waals surface area (Å²) in [6.07, 6.45) is 0.109. The molecular formula is C16H28F3N3O2. The number of amides is 1. The average Bonchev–Trinajstić information content (AvgIpc) is 2.49. The molecule has 1 unspecified atom stereocenters. The summed E-state index contributed by atoms with van der Waals surface area (Å²) >= 11 is 0. The van der Waals surface area contributed by atoms with Crippen LogP contribution in [0.1, 0.15) is 45.4 Å². The van der Waals surface area contributed by atoms with Crippen LogP contribution in [0.4, 0.5) is 13.2 Å². The van der Waals surface area contributed by atoms with Crippen molar-refractivity contribution in [3.05, 3.63) is 12.3 Å². The minimum absolute atomic E-state index is 0.00639. The Bertz CT molecular complexity index is 443. The summed E-state index contributed by atoms with van der Waals surface area (Å²) in [4.78, 5) is 13.8. The van der Waals surface area contributed by atoms with Crippen molar-refractivity contribution >= 4 is 5.91 Å². The van der Waals surface area contributed by atoms with Crippen LogP contribution in [0.3, 0.4) is 0 Å². The lowest BCUT2D eigenvalue weighted by Gasteiger charge is -2.38. The highest BCUT2D eigenvalue weighted by molar-refractivity contribution is 5.84. The van der Waals surface area contributed by atoms with Crippen molar-refractivity contribution < 1.29 is 23.1 Å². The van der Waals surface area contributed by atoms with Crippen molar-refractivity contribution in [2.24, 2.45) is 5.73 Å². The molecule has 0 aromatic rings. The van der Waals surface area contributed by atoms with Crippen LogP contribution in [-0.4, -0.2) is 53.4 Å². The molecule has 4 N–H and O–H groups in total. The molecule has 140 valence electrons. The van der Waals surface area contributed by atoms with E-state index in [0.717, 1.165) is 31.9 Å². The number of aliphatic hydroxyl groups is 1. The SMILES string of the molecule is CCC(CCN(C)[C@@H]1CCCC[C@H]1O)(N/C=C/C(F)(F)F)C(N)=O. The van der Waals surface area contributed by atoms with E-state index in [4.69, 9.17) is 5.73 Å². The van der Waals surface area contributed by atoms with Gasteiger partial charge in [-0.3, -0.25) is 4.79 Å². The van der Waals surface area contributed by atoms with Crippen molar-refractivity contribution in [1.82, 2.24) is 10.2 Å². The zero-order valence-electron chi connectivity index (χ0n) is 14.3. The molecule has 0 heterocycles. The fourth-order valence-electron chi connectivity index (χ4n) is 3.15. The van der Waals surface area contributed by atoms with Gasteiger partial charge in [0.2, 0.25) is 5.91 Å².